The van der Waals surface area contributed by atoms with E-state index in [1.54, 1.807) is 22.8 Å². The first-order valence-electron chi connectivity index (χ1n) is 10.4. The molecule has 0 aliphatic carbocycles. The van der Waals surface area contributed by atoms with E-state index in [1.165, 1.54) is 0 Å². The Hall–Kier alpha value is -3.35. The maximum atomic E-state index is 12.8. The number of rotatable bonds is 4. The van der Waals surface area contributed by atoms with E-state index in [9.17, 15) is 9.59 Å². The number of aryl methyl sites for hydroxylation is 1. The zero-order valence-electron chi connectivity index (χ0n) is 16.6. The number of carbonyl (C=O) groups excluding carboxylic acids is 1. The summed E-state index contributed by atoms with van der Waals surface area (Å²) in [7, 11) is 0. The number of hydrogen-bond acceptors (Lipinski definition) is 5. The predicted molar refractivity (Wildman–Crippen MR) is 112 cm³/mol. The SMILES string of the molecule is O=C(NCCc1ccc2c(c1)OCO2)c1ccc2c(=O)n3c(nc2c1)CCCCC3. The van der Waals surface area contributed by atoms with Gasteiger partial charge in [-0.3, -0.25) is 14.2 Å². The Labute approximate surface area is 173 Å². The third-order valence-electron chi connectivity index (χ3n) is 5.71. The summed E-state index contributed by atoms with van der Waals surface area (Å²) >= 11 is 0. The molecule has 0 radical (unpaired) electrons. The first-order chi connectivity index (χ1) is 14.7. The second-order valence-corrected chi connectivity index (χ2v) is 7.72. The summed E-state index contributed by atoms with van der Waals surface area (Å²) in [4.78, 5) is 30.1. The van der Waals surface area contributed by atoms with Crippen LogP contribution in [-0.4, -0.2) is 28.8 Å². The molecular weight excluding hydrogens is 382 g/mol. The molecule has 3 aromatic rings. The van der Waals surface area contributed by atoms with Gasteiger partial charge in [-0.05, 0) is 55.2 Å². The lowest BCUT2D eigenvalue weighted by molar-refractivity contribution is 0.0954. The highest BCUT2D eigenvalue weighted by atomic mass is 16.7. The minimum Gasteiger partial charge on any atom is -0.454 e. The standard InChI is InChI=1S/C23H23N3O4/c27-22(24-10-9-15-5-8-19-20(12-15)30-14-29-19)16-6-7-17-18(13-16)25-21-4-2-1-3-11-26(21)23(17)28/h5-8,12-13H,1-4,9-11,14H2,(H,24,27). The number of hydrogen-bond donors (Lipinski definition) is 1. The van der Waals surface area contributed by atoms with Crippen molar-refractivity contribution in [1.82, 2.24) is 14.9 Å². The van der Waals surface area contributed by atoms with E-state index in [2.05, 4.69) is 5.32 Å². The van der Waals surface area contributed by atoms with Crippen LogP contribution in [0.2, 0.25) is 0 Å². The molecule has 0 spiro atoms. The molecule has 0 bridgehead atoms. The van der Waals surface area contributed by atoms with Gasteiger partial charge in [-0.1, -0.05) is 12.5 Å². The van der Waals surface area contributed by atoms with Crippen LogP contribution in [-0.2, 0) is 19.4 Å². The van der Waals surface area contributed by atoms with Crippen LogP contribution in [0.3, 0.4) is 0 Å². The van der Waals surface area contributed by atoms with Gasteiger partial charge < -0.3 is 14.8 Å². The average Bonchev–Trinajstić information content (AvgIpc) is 3.10. The van der Waals surface area contributed by atoms with Gasteiger partial charge >= 0.3 is 0 Å². The molecule has 0 fully saturated rings. The van der Waals surface area contributed by atoms with E-state index in [0.29, 0.717) is 29.4 Å². The highest BCUT2D eigenvalue weighted by Crippen LogP contribution is 2.32. The van der Waals surface area contributed by atoms with Crippen LogP contribution in [0.4, 0.5) is 0 Å². The molecule has 0 atom stereocenters. The molecule has 5 rings (SSSR count). The summed E-state index contributed by atoms with van der Waals surface area (Å²) < 4.78 is 12.5. The minimum absolute atomic E-state index is 0.00772. The van der Waals surface area contributed by atoms with Gasteiger partial charge in [0.2, 0.25) is 6.79 Å². The number of fused-ring (bicyclic) bond motifs is 3. The molecule has 7 heteroatoms. The lowest BCUT2D eigenvalue weighted by Gasteiger charge is -2.11. The number of nitrogens with zero attached hydrogens (tertiary/aromatic N) is 2. The molecule has 2 aliphatic rings. The molecular formula is C23H23N3O4. The Morgan fingerprint density at radius 3 is 2.90 bits per heavy atom. The molecule has 1 aromatic heterocycles. The molecule has 2 aliphatic heterocycles. The van der Waals surface area contributed by atoms with E-state index < -0.39 is 0 Å². The second kappa shape index (κ2) is 7.82. The predicted octanol–water partition coefficient (Wildman–Crippen LogP) is 2.82. The van der Waals surface area contributed by atoms with Gasteiger partial charge in [0, 0.05) is 25.1 Å². The average molecular weight is 405 g/mol. The Morgan fingerprint density at radius 2 is 1.97 bits per heavy atom. The zero-order valence-corrected chi connectivity index (χ0v) is 16.6. The van der Waals surface area contributed by atoms with E-state index in [4.69, 9.17) is 14.5 Å². The molecule has 0 saturated heterocycles. The molecule has 0 saturated carbocycles. The van der Waals surface area contributed by atoms with Crippen molar-refractivity contribution in [3.05, 3.63) is 63.7 Å². The molecule has 2 aromatic carbocycles. The monoisotopic (exact) mass is 405 g/mol. The third-order valence-corrected chi connectivity index (χ3v) is 5.71. The van der Waals surface area contributed by atoms with Gasteiger partial charge in [0.25, 0.3) is 11.5 Å². The zero-order chi connectivity index (χ0) is 20.5. The Bertz CT molecular complexity index is 1190. The molecule has 0 unspecified atom stereocenters. The fraction of sp³-hybridized carbons (Fsp3) is 0.348. The third kappa shape index (κ3) is 3.51. The molecule has 7 nitrogen and oxygen atoms in total. The van der Waals surface area contributed by atoms with Gasteiger partial charge in [0.15, 0.2) is 11.5 Å². The van der Waals surface area contributed by atoms with Gasteiger partial charge in [0.1, 0.15) is 5.82 Å². The van der Waals surface area contributed by atoms with Gasteiger partial charge in [0.05, 0.1) is 10.9 Å². The number of benzene rings is 2. The number of nitrogens with one attached hydrogen (secondary N) is 1. The number of ether oxygens (including phenoxy) is 2. The molecule has 1 N–H and O–H groups in total. The van der Waals surface area contributed by atoms with Gasteiger partial charge in [-0.25, -0.2) is 4.98 Å². The van der Waals surface area contributed by atoms with E-state index >= 15 is 0 Å². The van der Waals surface area contributed by atoms with Crippen LogP contribution in [0.1, 0.15) is 41.0 Å². The van der Waals surface area contributed by atoms with Crippen molar-refractivity contribution in [3.8, 4) is 11.5 Å². The van der Waals surface area contributed by atoms with E-state index in [-0.39, 0.29) is 18.3 Å². The van der Waals surface area contributed by atoms with Crippen LogP contribution in [0.5, 0.6) is 11.5 Å². The van der Waals surface area contributed by atoms with Crippen molar-refractivity contribution >= 4 is 16.8 Å². The van der Waals surface area contributed by atoms with Gasteiger partial charge in [-0.2, -0.15) is 0 Å². The van der Waals surface area contributed by atoms with Crippen LogP contribution in [0, 0.1) is 0 Å². The van der Waals surface area contributed by atoms with Crippen LogP contribution in [0.15, 0.2) is 41.2 Å². The quantitative estimate of drug-likeness (QED) is 0.722. The summed E-state index contributed by atoms with van der Waals surface area (Å²) in [5, 5.41) is 3.51. The largest absolute Gasteiger partial charge is 0.454 e. The summed E-state index contributed by atoms with van der Waals surface area (Å²) in [5.74, 6) is 2.14. The molecule has 154 valence electrons. The highest BCUT2D eigenvalue weighted by molar-refractivity contribution is 5.97. The van der Waals surface area contributed by atoms with Crippen LogP contribution < -0.4 is 20.3 Å². The maximum absolute atomic E-state index is 12.8. The van der Waals surface area contributed by atoms with Crippen molar-refractivity contribution in [1.29, 1.82) is 0 Å². The van der Waals surface area contributed by atoms with Crippen molar-refractivity contribution < 1.29 is 14.3 Å². The van der Waals surface area contributed by atoms with Gasteiger partial charge in [-0.15, -0.1) is 0 Å². The Balaban J connectivity index is 1.30. The highest BCUT2D eigenvalue weighted by Gasteiger charge is 2.16. The molecule has 30 heavy (non-hydrogen) atoms. The Kier molecular flexibility index (Phi) is 4.86. The fourth-order valence-electron chi connectivity index (χ4n) is 4.08. The summed E-state index contributed by atoms with van der Waals surface area (Å²) in [6.45, 7) is 1.47. The summed E-state index contributed by atoms with van der Waals surface area (Å²) in [5.41, 5.74) is 2.16. The number of amides is 1. The normalized spacial score (nSPS) is 14.9. The number of carbonyl (C=O) groups is 1. The van der Waals surface area contributed by atoms with Crippen LogP contribution in [0.25, 0.3) is 10.9 Å². The molecule has 3 heterocycles. The molecule has 1 amide bonds. The summed E-state index contributed by atoms with van der Waals surface area (Å²) in [6, 6.07) is 10.9. The Morgan fingerprint density at radius 1 is 1.07 bits per heavy atom. The lowest BCUT2D eigenvalue weighted by Crippen LogP contribution is -2.27. The van der Waals surface area contributed by atoms with Crippen molar-refractivity contribution in [2.24, 2.45) is 0 Å². The first-order valence-corrected chi connectivity index (χ1v) is 10.4. The summed E-state index contributed by atoms with van der Waals surface area (Å²) in [6.07, 6.45) is 4.64. The topological polar surface area (TPSA) is 82.5 Å². The van der Waals surface area contributed by atoms with Crippen molar-refractivity contribution in [3.63, 3.8) is 0 Å². The minimum atomic E-state index is -0.172. The van der Waals surface area contributed by atoms with Crippen molar-refractivity contribution in [2.45, 2.75) is 38.6 Å². The van der Waals surface area contributed by atoms with E-state index in [0.717, 1.165) is 55.1 Å². The second-order valence-electron chi connectivity index (χ2n) is 7.72. The van der Waals surface area contributed by atoms with E-state index in [1.807, 2.05) is 18.2 Å². The lowest BCUT2D eigenvalue weighted by atomic mass is 10.1. The van der Waals surface area contributed by atoms with Crippen molar-refractivity contribution in [2.75, 3.05) is 13.3 Å². The smallest absolute Gasteiger partial charge is 0.261 e. The number of aromatic nitrogens is 2. The van der Waals surface area contributed by atoms with Crippen LogP contribution >= 0.6 is 0 Å². The maximum Gasteiger partial charge on any atom is 0.261 e. The first kappa shape index (κ1) is 18.7. The fourth-order valence-corrected chi connectivity index (χ4v) is 4.08.